The van der Waals surface area contributed by atoms with Gasteiger partial charge in [-0.3, -0.25) is 0 Å². The number of hydrogen-bond acceptors (Lipinski definition) is 1. The number of hydrogen-bond donors (Lipinski definition) is 0. The number of fused-ring (bicyclic) bond motifs is 6. The van der Waals surface area contributed by atoms with Gasteiger partial charge >= 0.3 is 0 Å². The number of aryl methyl sites for hydroxylation is 3. The molecule has 0 spiro atoms. The van der Waals surface area contributed by atoms with Crippen LogP contribution in [0.25, 0.3) is 43.8 Å². The summed E-state index contributed by atoms with van der Waals surface area (Å²) in [4.78, 5) is 5.15. The minimum atomic E-state index is 1.00. The molecule has 0 saturated heterocycles. The van der Waals surface area contributed by atoms with Gasteiger partial charge in [0.2, 0.25) is 5.52 Å². The number of aromatic nitrogens is 2. The van der Waals surface area contributed by atoms with E-state index in [1.165, 1.54) is 38.2 Å². The first-order valence-corrected chi connectivity index (χ1v) is 9.31. The molecule has 4 aromatic carbocycles. The lowest BCUT2D eigenvalue weighted by molar-refractivity contribution is -0.643. The molecule has 0 amide bonds. The van der Waals surface area contributed by atoms with Crippen LogP contribution in [0.2, 0.25) is 0 Å². The fraction of sp³-hybridized carbons (Fsp3) is 0.120. The minimum Gasteiger partial charge on any atom is -0.234 e. The Morgan fingerprint density at radius 3 is 2.41 bits per heavy atom. The molecule has 0 radical (unpaired) electrons. The van der Waals surface area contributed by atoms with E-state index < -0.39 is 0 Å². The van der Waals surface area contributed by atoms with Crippen molar-refractivity contribution in [3.63, 3.8) is 0 Å². The van der Waals surface area contributed by atoms with E-state index in [0.717, 1.165) is 16.8 Å². The highest BCUT2D eigenvalue weighted by molar-refractivity contribution is 6.23. The summed E-state index contributed by atoms with van der Waals surface area (Å²) in [6.45, 7) is 4.33. The normalized spacial score (nSPS) is 11.5. The third-order valence-electron chi connectivity index (χ3n) is 5.42. The highest BCUT2D eigenvalue weighted by Gasteiger charge is 2.20. The second kappa shape index (κ2) is 5.88. The third-order valence-corrected chi connectivity index (χ3v) is 5.42. The maximum Gasteiger partial charge on any atom is 0.239 e. The zero-order valence-electron chi connectivity index (χ0n) is 15.8. The molecule has 0 N–H and O–H groups in total. The summed E-state index contributed by atoms with van der Waals surface area (Å²) in [6, 6.07) is 23.7. The molecule has 0 aliphatic heterocycles. The van der Waals surface area contributed by atoms with Gasteiger partial charge in [-0.25, -0.2) is 4.98 Å². The second-order valence-electron chi connectivity index (χ2n) is 7.35. The van der Waals surface area contributed by atoms with Crippen LogP contribution in [-0.2, 0) is 7.05 Å². The first kappa shape index (κ1) is 16.0. The van der Waals surface area contributed by atoms with Gasteiger partial charge in [0, 0.05) is 10.9 Å². The van der Waals surface area contributed by atoms with Crippen molar-refractivity contribution in [1.82, 2.24) is 4.98 Å². The van der Waals surface area contributed by atoms with Crippen LogP contribution in [0.1, 0.15) is 11.1 Å². The van der Waals surface area contributed by atoms with Crippen molar-refractivity contribution in [1.29, 1.82) is 0 Å². The minimum absolute atomic E-state index is 1.00. The summed E-state index contributed by atoms with van der Waals surface area (Å²) in [7, 11) is 2.13. The summed E-state index contributed by atoms with van der Waals surface area (Å²) in [5.41, 5.74) is 6.94. The summed E-state index contributed by atoms with van der Waals surface area (Å²) < 4.78 is 2.24. The molecule has 2 nitrogen and oxygen atoms in total. The molecule has 5 rings (SSSR count). The van der Waals surface area contributed by atoms with E-state index >= 15 is 0 Å². The average molecular weight is 349 g/mol. The smallest absolute Gasteiger partial charge is 0.234 e. The Kier molecular flexibility index (Phi) is 3.48. The van der Waals surface area contributed by atoms with Gasteiger partial charge in [-0.05, 0) is 36.2 Å². The number of benzene rings is 4. The molecule has 0 aliphatic carbocycles. The van der Waals surface area contributed by atoms with E-state index in [9.17, 15) is 0 Å². The van der Waals surface area contributed by atoms with Gasteiger partial charge in [0.1, 0.15) is 18.3 Å². The van der Waals surface area contributed by atoms with Crippen LogP contribution < -0.4 is 4.57 Å². The molecule has 0 fully saturated rings. The predicted molar refractivity (Wildman–Crippen MR) is 113 cm³/mol. The molecule has 2 heteroatoms. The van der Waals surface area contributed by atoms with Crippen molar-refractivity contribution in [2.24, 2.45) is 7.05 Å². The second-order valence-corrected chi connectivity index (χ2v) is 7.35. The van der Waals surface area contributed by atoms with Crippen molar-refractivity contribution in [2.45, 2.75) is 13.8 Å². The van der Waals surface area contributed by atoms with Gasteiger partial charge in [-0.15, -0.1) is 0 Å². The molecule has 0 atom stereocenters. The van der Waals surface area contributed by atoms with Crippen LogP contribution in [0, 0.1) is 13.8 Å². The Bertz CT molecular complexity index is 1340. The Morgan fingerprint density at radius 2 is 1.59 bits per heavy atom. The maximum atomic E-state index is 5.15. The van der Waals surface area contributed by atoms with Gasteiger partial charge in [0.15, 0.2) is 6.20 Å². The number of rotatable bonds is 1. The van der Waals surface area contributed by atoms with Crippen molar-refractivity contribution in [2.75, 3.05) is 0 Å². The predicted octanol–water partition coefficient (Wildman–Crippen LogP) is 5.65. The van der Waals surface area contributed by atoms with Crippen LogP contribution >= 0.6 is 0 Å². The van der Waals surface area contributed by atoms with Crippen molar-refractivity contribution in [3.05, 3.63) is 84.1 Å². The van der Waals surface area contributed by atoms with Crippen molar-refractivity contribution >= 4 is 32.6 Å². The van der Waals surface area contributed by atoms with Gasteiger partial charge in [0.05, 0.1) is 5.39 Å². The summed E-state index contributed by atoms with van der Waals surface area (Å²) >= 11 is 0. The van der Waals surface area contributed by atoms with Gasteiger partial charge in [0.25, 0.3) is 0 Å². The Hall–Kier alpha value is -3.26. The SMILES string of the molecule is Cc1ccc2c(c1)c1nc(-c3ccccc3)c[n+](C)c1c1c(C)cccc21. The van der Waals surface area contributed by atoms with Crippen LogP contribution in [0.4, 0.5) is 0 Å². The summed E-state index contributed by atoms with van der Waals surface area (Å²) in [6.07, 6.45) is 2.14. The fourth-order valence-corrected chi connectivity index (χ4v) is 4.14. The zero-order valence-corrected chi connectivity index (χ0v) is 15.8. The standard InChI is InChI=1S/C25H21N2/c1-16-12-13-19-20-11-7-8-17(2)23(20)25-24(21(19)14-16)26-22(15-27(25)3)18-9-5-4-6-10-18/h4-15H,1-3H3/q+1. The van der Waals surface area contributed by atoms with Gasteiger partial charge in [-0.1, -0.05) is 66.2 Å². The first-order chi connectivity index (χ1) is 13.1. The molecule has 5 aromatic rings. The van der Waals surface area contributed by atoms with Gasteiger partial charge < -0.3 is 0 Å². The highest BCUT2D eigenvalue weighted by Crippen LogP contribution is 2.35. The van der Waals surface area contributed by atoms with E-state index in [-0.39, 0.29) is 0 Å². The van der Waals surface area contributed by atoms with Crippen molar-refractivity contribution < 1.29 is 4.57 Å². The molecular formula is C25H21N2+. The van der Waals surface area contributed by atoms with Crippen molar-refractivity contribution in [3.8, 4) is 11.3 Å². The van der Waals surface area contributed by atoms with Crippen LogP contribution in [-0.4, -0.2) is 4.98 Å². The maximum absolute atomic E-state index is 5.15. The Morgan fingerprint density at radius 1 is 0.778 bits per heavy atom. The quantitative estimate of drug-likeness (QED) is 0.282. The number of nitrogens with zero attached hydrogens (tertiary/aromatic N) is 2. The zero-order chi connectivity index (χ0) is 18.5. The average Bonchev–Trinajstić information content (AvgIpc) is 2.68. The lowest BCUT2D eigenvalue weighted by Gasteiger charge is -2.11. The van der Waals surface area contributed by atoms with E-state index in [0.29, 0.717) is 0 Å². The molecule has 130 valence electrons. The molecule has 1 aromatic heterocycles. The third kappa shape index (κ3) is 2.41. The largest absolute Gasteiger partial charge is 0.239 e. The van der Waals surface area contributed by atoms with E-state index in [4.69, 9.17) is 4.98 Å². The van der Waals surface area contributed by atoms with Crippen LogP contribution in [0.15, 0.2) is 72.9 Å². The molecule has 0 aliphatic rings. The molecule has 1 heterocycles. The topological polar surface area (TPSA) is 16.8 Å². The Labute approximate surface area is 158 Å². The lowest BCUT2D eigenvalue weighted by atomic mass is 9.95. The highest BCUT2D eigenvalue weighted by atomic mass is 15.0. The fourth-order valence-electron chi connectivity index (χ4n) is 4.14. The summed E-state index contributed by atoms with van der Waals surface area (Å²) in [5.74, 6) is 0. The molecule has 0 bridgehead atoms. The van der Waals surface area contributed by atoms with E-state index in [2.05, 4.69) is 92.3 Å². The summed E-state index contributed by atoms with van der Waals surface area (Å²) in [5, 5.41) is 5.07. The van der Waals surface area contributed by atoms with Crippen LogP contribution in [0.3, 0.4) is 0 Å². The van der Waals surface area contributed by atoms with Crippen LogP contribution in [0.5, 0.6) is 0 Å². The molecular weight excluding hydrogens is 328 g/mol. The molecule has 27 heavy (non-hydrogen) atoms. The monoisotopic (exact) mass is 349 g/mol. The molecule has 0 unspecified atom stereocenters. The Balaban J connectivity index is 2.05. The van der Waals surface area contributed by atoms with E-state index in [1.807, 2.05) is 6.07 Å². The molecule has 0 saturated carbocycles. The van der Waals surface area contributed by atoms with E-state index in [1.54, 1.807) is 0 Å². The first-order valence-electron chi connectivity index (χ1n) is 9.31. The lowest BCUT2D eigenvalue weighted by Crippen LogP contribution is -2.30. The van der Waals surface area contributed by atoms with Gasteiger partial charge in [-0.2, -0.15) is 4.57 Å².